The molecule has 0 saturated heterocycles. The average Bonchev–Trinajstić information content (AvgIpc) is 2.41. The molecule has 2 aromatic carbocycles. The largest absolute Gasteiger partial charge is 0.455 e. The summed E-state index contributed by atoms with van der Waals surface area (Å²) in [5.74, 6) is 0.920. The van der Waals surface area contributed by atoms with Crippen LogP contribution in [-0.4, -0.2) is 5.11 Å². The van der Waals surface area contributed by atoms with Crippen molar-refractivity contribution in [1.82, 2.24) is 0 Å². The lowest BCUT2D eigenvalue weighted by atomic mass is 10.1. The quantitative estimate of drug-likeness (QED) is 0.917. The number of aliphatic hydroxyl groups is 1. The van der Waals surface area contributed by atoms with Gasteiger partial charge in [-0.1, -0.05) is 29.8 Å². The number of benzene rings is 2. The molecule has 0 amide bonds. The number of ether oxygens (including phenoxy) is 1. The maximum absolute atomic E-state index is 9.72. The molecule has 19 heavy (non-hydrogen) atoms. The summed E-state index contributed by atoms with van der Waals surface area (Å²) in [6.07, 6.45) is -0.690. The lowest BCUT2D eigenvalue weighted by Gasteiger charge is -2.14. The van der Waals surface area contributed by atoms with Crippen LogP contribution >= 0.6 is 11.6 Å². The average molecular weight is 274 g/mol. The third-order valence-electron chi connectivity index (χ3n) is 2.65. The van der Waals surface area contributed by atoms with E-state index >= 15 is 0 Å². The summed E-state index contributed by atoms with van der Waals surface area (Å²) in [7, 11) is 0. The monoisotopic (exact) mass is 273 g/mol. The van der Waals surface area contributed by atoms with Gasteiger partial charge in [-0.3, -0.25) is 0 Å². The molecule has 0 spiro atoms. The molecule has 0 fully saturated rings. The van der Waals surface area contributed by atoms with Crippen LogP contribution in [0.25, 0.3) is 0 Å². The molecule has 0 bridgehead atoms. The molecule has 0 aliphatic heterocycles. The molecule has 0 aliphatic rings. The first-order valence-electron chi connectivity index (χ1n) is 5.76. The van der Waals surface area contributed by atoms with Gasteiger partial charge >= 0.3 is 0 Å². The maximum atomic E-state index is 9.72. The van der Waals surface area contributed by atoms with Crippen LogP contribution < -0.4 is 4.74 Å². The van der Waals surface area contributed by atoms with Crippen LogP contribution in [0.1, 0.15) is 24.2 Å². The third-order valence-corrected chi connectivity index (χ3v) is 2.96. The van der Waals surface area contributed by atoms with Gasteiger partial charge in [-0.2, -0.15) is 5.26 Å². The van der Waals surface area contributed by atoms with Crippen LogP contribution in [0, 0.1) is 11.3 Å². The zero-order valence-electron chi connectivity index (χ0n) is 10.3. The van der Waals surface area contributed by atoms with Gasteiger partial charge in [-0.15, -0.1) is 0 Å². The number of aliphatic hydroxyl groups excluding tert-OH is 1. The Kier molecular flexibility index (Phi) is 4.06. The first kappa shape index (κ1) is 13.4. The van der Waals surface area contributed by atoms with E-state index in [2.05, 4.69) is 0 Å². The van der Waals surface area contributed by atoms with Crippen molar-refractivity contribution in [3.63, 3.8) is 0 Å². The Morgan fingerprint density at radius 3 is 2.58 bits per heavy atom. The lowest BCUT2D eigenvalue weighted by Crippen LogP contribution is -1.97. The van der Waals surface area contributed by atoms with E-state index in [1.165, 1.54) is 0 Å². The van der Waals surface area contributed by atoms with Gasteiger partial charge in [0, 0.05) is 5.56 Å². The fraction of sp³-hybridized carbons (Fsp3) is 0.133. The summed E-state index contributed by atoms with van der Waals surface area (Å²) < 4.78 is 5.70. The predicted molar refractivity (Wildman–Crippen MR) is 73.3 cm³/mol. The number of halogens is 1. The SMILES string of the molecule is CC(O)c1ccc(C#N)cc1Oc1ccccc1Cl. The first-order chi connectivity index (χ1) is 9.11. The molecule has 0 saturated carbocycles. The summed E-state index contributed by atoms with van der Waals surface area (Å²) in [6, 6.07) is 14.0. The molecule has 0 aromatic heterocycles. The van der Waals surface area contributed by atoms with Gasteiger partial charge in [-0.05, 0) is 31.2 Å². The van der Waals surface area contributed by atoms with E-state index in [-0.39, 0.29) is 0 Å². The van der Waals surface area contributed by atoms with E-state index in [1.807, 2.05) is 6.07 Å². The molecule has 1 atom stereocenters. The lowest BCUT2D eigenvalue weighted by molar-refractivity contribution is 0.195. The highest BCUT2D eigenvalue weighted by molar-refractivity contribution is 6.32. The van der Waals surface area contributed by atoms with Crippen LogP contribution in [0.2, 0.25) is 5.02 Å². The fourth-order valence-corrected chi connectivity index (χ4v) is 1.86. The minimum absolute atomic E-state index is 0.433. The summed E-state index contributed by atoms with van der Waals surface area (Å²) in [6.45, 7) is 1.64. The van der Waals surface area contributed by atoms with Crippen LogP contribution in [0.4, 0.5) is 0 Å². The van der Waals surface area contributed by atoms with Crippen LogP contribution in [0.15, 0.2) is 42.5 Å². The Balaban J connectivity index is 2.44. The van der Waals surface area contributed by atoms with E-state index in [1.54, 1.807) is 49.4 Å². The van der Waals surface area contributed by atoms with Crippen molar-refractivity contribution in [3.8, 4) is 17.6 Å². The van der Waals surface area contributed by atoms with Crippen LogP contribution in [0.5, 0.6) is 11.5 Å². The highest BCUT2D eigenvalue weighted by Gasteiger charge is 2.12. The summed E-state index contributed by atoms with van der Waals surface area (Å²) in [5, 5.41) is 19.1. The van der Waals surface area contributed by atoms with Crippen molar-refractivity contribution in [2.75, 3.05) is 0 Å². The predicted octanol–water partition coefficient (Wildman–Crippen LogP) is 4.06. The molecule has 0 heterocycles. The van der Waals surface area contributed by atoms with Crippen molar-refractivity contribution >= 4 is 11.6 Å². The number of nitriles is 1. The molecule has 3 nitrogen and oxygen atoms in total. The Morgan fingerprint density at radius 2 is 1.95 bits per heavy atom. The molecular weight excluding hydrogens is 262 g/mol. The molecule has 1 unspecified atom stereocenters. The van der Waals surface area contributed by atoms with Crippen molar-refractivity contribution in [2.45, 2.75) is 13.0 Å². The highest BCUT2D eigenvalue weighted by atomic mass is 35.5. The Morgan fingerprint density at radius 1 is 1.21 bits per heavy atom. The van der Waals surface area contributed by atoms with Gasteiger partial charge in [0.25, 0.3) is 0 Å². The molecule has 4 heteroatoms. The van der Waals surface area contributed by atoms with Crippen LogP contribution in [-0.2, 0) is 0 Å². The maximum Gasteiger partial charge on any atom is 0.146 e. The third kappa shape index (κ3) is 3.05. The smallest absolute Gasteiger partial charge is 0.146 e. The van der Waals surface area contributed by atoms with E-state index in [9.17, 15) is 5.11 Å². The van der Waals surface area contributed by atoms with Gasteiger partial charge < -0.3 is 9.84 Å². The molecule has 0 aliphatic carbocycles. The molecule has 96 valence electrons. The number of para-hydroxylation sites is 1. The van der Waals surface area contributed by atoms with Crippen molar-refractivity contribution in [2.24, 2.45) is 0 Å². The fourth-order valence-electron chi connectivity index (χ4n) is 1.68. The topological polar surface area (TPSA) is 53.2 Å². The van der Waals surface area contributed by atoms with E-state index in [4.69, 9.17) is 21.6 Å². The van der Waals surface area contributed by atoms with E-state index in [0.29, 0.717) is 27.6 Å². The molecule has 2 rings (SSSR count). The standard InChI is InChI=1S/C15H12ClNO2/c1-10(18)12-7-6-11(9-17)8-15(12)19-14-5-3-2-4-13(14)16/h2-8,10,18H,1H3. The normalized spacial score (nSPS) is 11.7. The van der Waals surface area contributed by atoms with Crippen molar-refractivity contribution in [1.29, 1.82) is 5.26 Å². The molecule has 1 N–H and O–H groups in total. The van der Waals surface area contributed by atoms with Crippen molar-refractivity contribution in [3.05, 3.63) is 58.6 Å². The van der Waals surface area contributed by atoms with Gasteiger partial charge in [0.1, 0.15) is 11.5 Å². The Hall–Kier alpha value is -2.02. The molecular formula is C15H12ClNO2. The second-order valence-electron chi connectivity index (χ2n) is 4.07. The van der Waals surface area contributed by atoms with E-state index < -0.39 is 6.10 Å². The number of hydrogen-bond donors (Lipinski definition) is 1. The highest BCUT2D eigenvalue weighted by Crippen LogP contribution is 2.33. The zero-order chi connectivity index (χ0) is 13.8. The second kappa shape index (κ2) is 5.75. The Labute approximate surface area is 116 Å². The van der Waals surface area contributed by atoms with Crippen molar-refractivity contribution < 1.29 is 9.84 Å². The zero-order valence-corrected chi connectivity index (χ0v) is 11.1. The summed E-state index contributed by atoms with van der Waals surface area (Å²) >= 11 is 6.03. The number of rotatable bonds is 3. The minimum Gasteiger partial charge on any atom is -0.455 e. The summed E-state index contributed by atoms with van der Waals surface area (Å²) in [4.78, 5) is 0. The van der Waals surface area contributed by atoms with Gasteiger partial charge in [-0.25, -0.2) is 0 Å². The van der Waals surface area contributed by atoms with Gasteiger partial charge in [0.05, 0.1) is 22.8 Å². The van der Waals surface area contributed by atoms with Crippen LogP contribution in [0.3, 0.4) is 0 Å². The number of nitrogens with zero attached hydrogens (tertiary/aromatic N) is 1. The first-order valence-corrected chi connectivity index (χ1v) is 6.14. The van der Waals surface area contributed by atoms with Gasteiger partial charge in [0.15, 0.2) is 0 Å². The summed E-state index contributed by atoms with van der Waals surface area (Å²) in [5.41, 5.74) is 1.07. The minimum atomic E-state index is -0.690. The number of hydrogen-bond acceptors (Lipinski definition) is 3. The second-order valence-corrected chi connectivity index (χ2v) is 4.48. The molecule has 0 radical (unpaired) electrons. The Bertz CT molecular complexity index is 632. The van der Waals surface area contributed by atoms with E-state index in [0.717, 1.165) is 0 Å². The molecule has 2 aromatic rings. The van der Waals surface area contributed by atoms with Gasteiger partial charge in [0.2, 0.25) is 0 Å².